The predicted molar refractivity (Wildman–Crippen MR) is 67.1 cm³/mol. The summed E-state index contributed by atoms with van der Waals surface area (Å²) in [6, 6.07) is 0. The maximum atomic E-state index is 10.4. The van der Waals surface area contributed by atoms with Gasteiger partial charge in [0.1, 0.15) is 0 Å². The van der Waals surface area contributed by atoms with Crippen molar-refractivity contribution in [3.63, 3.8) is 0 Å². The second-order valence-corrected chi connectivity index (χ2v) is 5.88. The van der Waals surface area contributed by atoms with Gasteiger partial charge in [-0.1, -0.05) is 45.1 Å². The molecule has 0 saturated heterocycles. The van der Waals surface area contributed by atoms with Gasteiger partial charge in [0, 0.05) is 5.41 Å². The van der Waals surface area contributed by atoms with Crippen molar-refractivity contribution in [1.82, 2.24) is 0 Å². The minimum absolute atomic E-state index is 0.0252. The standard InChI is InChI=1S/C14H24O2/c1-11(15)10-12(16)14(13(2,3)4)8-6-5-7-9-14/h5-8,11-12,15-16H,9-10H2,1-4H3. The quantitative estimate of drug-likeness (QED) is 0.773. The van der Waals surface area contributed by atoms with Gasteiger partial charge in [-0.3, -0.25) is 0 Å². The zero-order valence-corrected chi connectivity index (χ0v) is 10.8. The van der Waals surface area contributed by atoms with Crippen molar-refractivity contribution >= 4 is 0 Å². The minimum Gasteiger partial charge on any atom is -0.393 e. The number of hydrogen-bond donors (Lipinski definition) is 2. The molecule has 0 aromatic carbocycles. The van der Waals surface area contributed by atoms with Crippen molar-refractivity contribution in [3.05, 3.63) is 24.3 Å². The van der Waals surface area contributed by atoms with Crippen molar-refractivity contribution < 1.29 is 10.2 Å². The van der Waals surface area contributed by atoms with Crippen LogP contribution in [0.4, 0.5) is 0 Å². The highest BCUT2D eigenvalue weighted by Gasteiger charge is 2.45. The summed E-state index contributed by atoms with van der Waals surface area (Å²) in [4.78, 5) is 0. The van der Waals surface area contributed by atoms with E-state index in [4.69, 9.17) is 0 Å². The molecule has 92 valence electrons. The molecule has 0 heterocycles. The van der Waals surface area contributed by atoms with Crippen LogP contribution in [0.15, 0.2) is 24.3 Å². The third-order valence-corrected chi connectivity index (χ3v) is 3.65. The summed E-state index contributed by atoms with van der Waals surface area (Å²) < 4.78 is 0. The lowest BCUT2D eigenvalue weighted by molar-refractivity contribution is -0.0404. The van der Waals surface area contributed by atoms with Crippen molar-refractivity contribution in [2.24, 2.45) is 10.8 Å². The van der Waals surface area contributed by atoms with E-state index in [1.807, 2.05) is 12.2 Å². The molecule has 0 spiro atoms. The van der Waals surface area contributed by atoms with Gasteiger partial charge in [0.25, 0.3) is 0 Å². The third-order valence-electron chi connectivity index (χ3n) is 3.65. The van der Waals surface area contributed by atoms with Crippen molar-refractivity contribution in [2.45, 2.75) is 52.7 Å². The SMILES string of the molecule is CC(O)CC(O)C1(C(C)(C)C)C=CC=CC1. The largest absolute Gasteiger partial charge is 0.393 e. The highest BCUT2D eigenvalue weighted by atomic mass is 16.3. The predicted octanol–water partition coefficient (Wildman–Crippen LogP) is 2.67. The van der Waals surface area contributed by atoms with E-state index in [0.717, 1.165) is 6.42 Å². The first-order valence-electron chi connectivity index (χ1n) is 6.00. The van der Waals surface area contributed by atoms with Crippen LogP contribution < -0.4 is 0 Å². The van der Waals surface area contributed by atoms with E-state index in [1.165, 1.54) is 0 Å². The van der Waals surface area contributed by atoms with Crippen LogP contribution in [0.25, 0.3) is 0 Å². The summed E-state index contributed by atoms with van der Waals surface area (Å²) in [5.41, 5.74) is -0.290. The second kappa shape index (κ2) is 4.72. The Balaban J connectivity index is 2.97. The third kappa shape index (κ3) is 2.55. The van der Waals surface area contributed by atoms with Gasteiger partial charge in [-0.05, 0) is 25.2 Å². The van der Waals surface area contributed by atoms with E-state index in [-0.39, 0.29) is 10.8 Å². The number of aliphatic hydroxyl groups is 2. The van der Waals surface area contributed by atoms with Crippen molar-refractivity contribution in [1.29, 1.82) is 0 Å². The Morgan fingerprint density at radius 1 is 1.25 bits per heavy atom. The molecule has 0 bridgehead atoms. The summed E-state index contributed by atoms with van der Waals surface area (Å²) in [7, 11) is 0. The molecule has 0 saturated carbocycles. The van der Waals surface area contributed by atoms with Crippen LogP contribution in [0.3, 0.4) is 0 Å². The van der Waals surface area contributed by atoms with Gasteiger partial charge in [0.15, 0.2) is 0 Å². The molecule has 16 heavy (non-hydrogen) atoms. The van der Waals surface area contributed by atoms with E-state index in [9.17, 15) is 10.2 Å². The Labute approximate surface area is 98.7 Å². The van der Waals surface area contributed by atoms with Gasteiger partial charge in [-0.2, -0.15) is 0 Å². The summed E-state index contributed by atoms with van der Waals surface area (Å²) in [5, 5.41) is 19.8. The van der Waals surface area contributed by atoms with E-state index in [2.05, 4.69) is 32.9 Å². The summed E-state index contributed by atoms with van der Waals surface area (Å²) in [5.74, 6) is 0. The van der Waals surface area contributed by atoms with Crippen LogP contribution in [-0.4, -0.2) is 22.4 Å². The molecule has 0 radical (unpaired) electrons. The summed E-state index contributed by atoms with van der Waals surface area (Å²) in [6.45, 7) is 8.15. The van der Waals surface area contributed by atoms with Gasteiger partial charge in [0.05, 0.1) is 12.2 Å². The highest BCUT2D eigenvalue weighted by Crippen LogP contribution is 2.48. The van der Waals surface area contributed by atoms with Crippen LogP contribution in [0.1, 0.15) is 40.5 Å². The van der Waals surface area contributed by atoms with Gasteiger partial charge in [0.2, 0.25) is 0 Å². The molecule has 1 aliphatic carbocycles. The lowest BCUT2D eigenvalue weighted by Crippen LogP contribution is -2.45. The second-order valence-electron chi connectivity index (χ2n) is 5.88. The van der Waals surface area contributed by atoms with Crippen molar-refractivity contribution in [3.8, 4) is 0 Å². The Hall–Kier alpha value is -0.600. The highest BCUT2D eigenvalue weighted by molar-refractivity contribution is 5.21. The molecular weight excluding hydrogens is 200 g/mol. The average molecular weight is 224 g/mol. The Morgan fingerprint density at radius 2 is 1.88 bits per heavy atom. The smallest absolute Gasteiger partial charge is 0.0663 e. The topological polar surface area (TPSA) is 40.5 Å². The molecule has 3 unspecified atom stereocenters. The summed E-state index contributed by atoms with van der Waals surface area (Å²) in [6.07, 6.45) is 8.49. The maximum Gasteiger partial charge on any atom is 0.0663 e. The van der Waals surface area contributed by atoms with E-state index in [1.54, 1.807) is 6.92 Å². The Kier molecular flexibility index (Phi) is 3.97. The lowest BCUT2D eigenvalue weighted by atomic mass is 9.59. The monoisotopic (exact) mass is 224 g/mol. The molecule has 0 aromatic rings. The van der Waals surface area contributed by atoms with Crippen LogP contribution in [0.5, 0.6) is 0 Å². The summed E-state index contributed by atoms with van der Waals surface area (Å²) >= 11 is 0. The number of allylic oxidation sites excluding steroid dienone is 3. The first-order chi connectivity index (χ1) is 7.29. The molecule has 0 amide bonds. The fraction of sp³-hybridized carbons (Fsp3) is 0.714. The zero-order valence-electron chi connectivity index (χ0n) is 10.8. The average Bonchev–Trinajstić information content (AvgIpc) is 2.16. The number of rotatable bonds is 3. The van der Waals surface area contributed by atoms with Crippen LogP contribution in [0, 0.1) is 10.8 Å². The van der Waals surface area contributed by atoms with Gasteiger partial charge in [-0.25, -0.2) is 0 Å². The van der Waals surface area contributed by atoms with Crippen molar-refractivity contribution in [2.75, 3.05) is 0 Å². The molecule has 3 atom stereocenters. The van der Waals surface area contributed by atoms with E-state index >= 15 is 0 Å². The van der Waals surface area contributed by atoms with E-state index < -0.39 is 12.2 Å². The van der Waals surface area contributed by atoms with E-state index in [0.29, 0.717) is 6.42 Å². The Bertz CT molecular complexity index is 284. The molecule has 1 aliphatic rings. The first-order valence-corrected chi connectivity index (χ1v) is 6.00. The molecule has 0 fully saturated rings. The molecule has 0 aliphatic heterocycles. The minimum atomic E-state index is -0.506. The number of hydrogen-bond acceptors (Lipinski definition) is 2. The molecule has 2 nitrogen and oxygen atoms in total. The molecule has 2 N–H and O–H groups in total. The number of aliphatic hydroxyl groups excluding tert-OH is 2. The molecular formula is C14H24O2. The lowest BCUT2D eigenvalue weighted by Gasteiger charge is -2.47. The first kappa shape index (κ1) is 13.5. The van der Waals surface area contributed by atoms with Gasteiger partial charge in [-0.15, -0.1) is 0 Å². The fourth-order valence-corrected chi connectivity index (χ4v) is 2.47. The molecule has 0 aromatic heterocycles. The van der Waals surface area contributed by atoms with Crippen LogP contribution in [-0.2, 0) is 0 Å². The maximum absolute atomic E-state index is 10.4. The zero-order chi connectivity index (χ0) is 12.4. The van der Waals surface area contributed by atoms with Gasteiger partial charge >= 0.3 is 0 Å². The van der Waals surface area contributed by atoms with Crippen LogP contribution in [0.2, 0.25) is 0 Å². The fourth-order valence-electron chi connectivity index (χ4n) is 2.47. The van der Waals surface area contributed by atoms with Gasteiger partial charge < -0.3 is 10.2 Å². The van der Waals surface area contributed by atoms with Crippen LogP contribution >= 0.6 is 0 Å². The Morgan fingerprint density at radius 3 is 2.25 bits per heavy atom. The molecule has 2 heteroatoms. The normalized spacial score (nSPS) is 29.1. The molecule has 1 rings (SSSR count).